The van der Waals surface area contributed by atoms with Crippen LogP contribution in [0.25, 0.3) is 0 Å². The third-order valence-corrected chi connectivity index (χ3v) is 6.75. The van der Waals surface area contributed by atoms with Crippen LogP contribution in [0.4, 0.5) is 0 Å². The van der Waals surface area contributed by atoms with E-state index in [-0.39, 0.29) is 35.9 Å². The highest BCUT2D eigenvalue weighted by Crippen LogP contribution is 2.37. The third kappa shape index (κ3) is 7.22. The highest BCUT2D eigenvalue weighted by molar-refractivity contribution is 14.0. The van der Waals surface area contributed by atoms with Gasteiger partial charge in [-0.3, -0.25) is 14.7 Å². The molecule has 1 aliphatic carbocycles. The van der Waals surface area contributed by atoms with E-state index in [0.717, 1.165) is 64.7 Å². The largest absolute Gasteiger partial charge is 0.466 e. The molecule has 2 aliphatic heterocycles. The van der Waals surface area contributed by atoms with Gasteiger partial charge in [0.15, 0.2) is 5.96 Å². The Morgan fingerprint density at radius 3 is 2.57 bits per heavy atom. The fourth-order valence-corrected chi connectivity index (χ4v) is 5.15. The zero-order valence-electron chi connectivity index (χ0n) is 18.9. The minimum absolute atomic E-state index is 0. The number of nitrogens with one attached hydrogen (secondary N) is 1. The summed E-state index contributed by atoms with van der Waals surface area (Å²) in [6.45, 7) is 9.88. The SMILES string of the molecule is CCOC(=O)[C@H]1CCCN(C(=NC)NCC2(CN3CCOCC3)CCCCC2)C1.I. The lowest BCUT2D eigenvalue weighted by Gasteiger charge is -2.43. The lowest BCUT2D eigenvalue weighted by Crippen LogP contribution is -2.53. The van der Waals surface area contributed by atoms with Crippen molar-refractivity contribution in [1.82, 2.24) is 15.1 Å². The molecule has 0 amide bonds. The number of morpholine rings is 1. The van der Waals surface area contributed by atoms with Gasteiger partial charge in [-0.1, -0.05) is 19.3 Å². The van der Waals surface area contributed by atoms with E-state index in [1.54, 1.807) is 0 Å². The third-order valence-electron chi connectivity index (χ3n) is 6.75. The molecule has 1 saturated carbocycles. The van der Waals surface area contributed by atoms with E-state index in [4.69, 9.17) is 9.47 Å². The zero-order valence-corrected chi connectivity index (χ0v) is 21.2. The number of ether oxygens (including phenoxy) is 2. The molecule has 0 bridgehead atoms. The summed E-state index contributed by atoms with van der Waals surface area (Å²) in [5.74, 6) is 0.828. The molecule has 0 aromatic heterocycles. The highest BCUT2D eigenvalue weighted by Gasteiger charge is 2.35. The van der Waals surface area contributed by atoms with Crippen LogP contribution in [0.1, 0.15) is 51.9 Å². The molecule has 3 aliphatic rings. The van der Waals surface area contributed by atoms with Gasteiger partial charge in [-0.2, -0.15) is 0 Å². The number of halogens is 1. The van der Waals surface area contributed by atoms with E-state index in [2.05, 4.69) is 20.1 Å². The van der Waals surface area contributed by atoms with Crippen LogP contribution in [0, 0.1) is 11.3 Å². The van der Waals surface area contributed by atoms with Crippen molar-refractivity contribution in [2.75, 3.05) is 66.1 Å². The number of nitrogens with zero attached hydrogens (tertiary/aromatic N) is 3. The van der Waals surface area contributed by atoms with Gasteiger partial charge in [0.1, 0.15) is 0 Å². The second-order valence-electron chi connectivity index (χ2n) is 8.89. The monoisotopic (exact) mass is 536 g/mol. The standard InChI is InChI=1S/C22H40N4O3.HI/c1-3-29-20(27)19-8-7-11-26(16-19)21(23-2)24-17-22(9-5-4-6-10-22)18-25-12-14-28-15-13-25;/h19H,3-18H2,1-2H3,(H,23,24);1H/t19-;/m0./s1. The van der Waals surface area contributed by atoms with Crippen molar-refractivity contribution in [3.8, 4) is 0 Å². The van der Waals surface area contributed by atoms with Crippen molar-refractivity contribution in [3.05, 3.63) is 0 Å². The van der Waals surface area contributed by atoms with Gasteiger partial charge in [0.2, 0.25) is 0 Å². The summed E-state index contributed by atoms with van der Waals surface area (Å²) >= 11 is 0. The maximum Gasteiger partial charge on any atom is 0.310 e. The topological polar surface area (TPSA) is 66.4 Å². The van der Waals surface area contributed by atoms with E-state index in [1.165, 1.54) is 32.1 Å². The molecule has 0 spiro atoms. The lowest BCUT2D eigenvalue weighted by atomic mass is 9.73. The molecule has 1 N–H and O–H groups in total. The van der Waals surface area contributed by atoms with Gasteiger partial charge in [0.25, 0.3) is 0 Å². The number of guanidine groups is 1. The molecule has 2 saturated heterocycles. The van der Waals surface area contributed by atoms with Crippen molar-refractivity contribution >= 4 is 35.9 Å². The average Bonchev–Trinajstić information content (AvgIpc) is 2.76. The van der Waals surface area contributed by atoms with E-state index in [0.29, 0.717) is 18.6 Å². The molecule has 0 aromatic carbocycles. The first-order chi connectivity index (χ1) is 14.2. The number of likely N-dealkylation sites (tertiary alicyclic amines) is 1. The normalized spacial score (nSPS) is 25.3. The zero-order chi connectivity index (χ0) is 20.5. The van der Waals surface area contributed by atoms with E-state index >= 15 is 0 Å². The van der Waals surface area contributed by atoms with Crippen LogP contribution in [-0.4, -0.2) is 87.9 Å². The van der Waals surface area contributed by atoms with Gasteiger partial charge < -0.3 is 19.7 Å². The first kappa shape index (κ1) is 25.6. The first-order valence-electron chi connectivity index (χ1n) is 11.6. The number of carbonyl (C=O) groups is 1. The number of aliphatic imine (C=N–C) groups is 1. The molecule has 0 aromatic rings. The van der Waals surface area contributed by atoms with Crippen molar-refractivity contribution in [3.63, 3.8) is 0 Å². The van der Waals surface area contributed by atoms with Gasteiger partial charge in [0.05, 0.1) is 25.7 Å². The quantitative estimate of drug-likeness (QED) is 0.244. The fourth-order valence-electron chi connectivity index (χ4n) is 5.15. The summed E-state index contributed by atoms with van der Waals surface area (Å²) in [6, 6.07) is 0. The summed E-state index contributed by atoms with van der Waals surface area (Å²) in [4.78, 5) is 21.6. The number of hydrogen-bond acceptors (Lipinski definition) is 5. The predicted octanol–water partition coefficient (Wildman–Crippen LogP) is 2.74. The molecule has 3 fully saturated rings. The Kier molecular flexibility index (Phi) is 11.2. The average molecular weight is 536 g/mol. The molecular weight excluding hydrogens is 495 g/mol. The Labute approximate surface area is 199 Å². The van der Waals surface area contributed by atoms with Crippen molar-refractivity contribution in [1.29, 1.82) is 0 Å². The van der Waals surface area contributed by atoms with Gasteiger partial charge in [-0.05, 0) is 32.6 Å². The van der Waals surface area contributed by atoms with Crippen molar-refractivity contribution < 1.29 is 14.3 Å². The summed E-state index contributed by atoms with van der Waals surface area (Å²) in [5.41, 5.74) is 0.307. The summed E-state index contributed by atoms with van der Waals surface area (Å²) < 4.78 is 10.8. The van der Waals surface area contributed by atoms with Crippen molar-refractivity contribution in [2.45, 2.75) is 51.9 Å². The first-order valence-corrected chi connectivity index (χ1v) is 11.6. The molecule has 2 heterocycles. The van der Waals surface area contributed by atoms with Gasteiger partial charge in [-0.25, -0.2) is 0 Å². The second-order valence-corrected chi connectivity index (χ2v) is 8.89. The molecule has 7 nitrogen and oxygen atoms in total. The molecule has 30 heavy (non-hydrogen) atoms. The van der Waals surface area contributed by atoms with Crippen LogP contribution in [-0.2, 0) is 14.3 Å². The Hall–Kier alpha value is -0.610. The molecule has 8 heteroatoms. The Balaban J connectivity index is 0.00000320. The van der Waals surface area contributed by atoms with Crippen LogP contribution >= 0.6 is 24.0 Å². The maximum atomic E-state index is 12.2. The van der Waals surface area contributed by atoms with Gasteiger partial charge >= 0.3 is 5.97 Å². The minimum atomic E-state index is -0.0660. The second kappa shape index (κ2) is 13.1. The van der Waals surface area contributed by atoms with Gasteiger partial charge in [-0.15, -0.1) is 24.0 Å². The Morgan fingerprint density at radius 1 is 1.17 bits per heavy atom. The number of esters is 1. The lowest BCUT2D eigenvalue weighted by molar-refractivity contribution is -0.149. The summed E-state index contributed by atoms with van der Waals surface area (Å²) in [7, 11) is 1.85. The molecular formula is C22H41IN4O3. The number of rotatable bonds is 6. The molecule has 0 radical (unpaired) electrons. The van der Waals surface area contributed by atoms with Crippen LogP contribution in [0.2, 0.25) is 0 Å². The van der Waals surface area contributed by atoms with Gasteiger partial charge in [0, 0.05) is 51.7 Å². The Bertz CT molecular complexity index is 549. The highest BCUT2D eigenvalue weighted by atomic mass is 127. The number of hydrogen-bond donors (Lipinski definition) is 1. The summed E-state index contributed by atoms with van der Waals surface area (Å²) in [6.07, 6.45) is 8.46. The molecule has 0 unspecified atom stereocenters. The molecule has 1 atom stereocenters. The van der Waals surface area contributed by atoms with Crippen LogP contribution in [0.5, 0.6) is 0 Å². The minimum Gasteiger partial charge on any atom is -0.466 e. The molecule has 3 rings (SSSR count). The van der Waals surface area contributed by atoms with E-state index in [9.17, 15) is 4.79 Å². The Morgan fingerprint density at radius 2 is 1.90 bits per heavy atom. The van der Waals surface area contributed by atoms with Crippen LogP contribution < -0.4 is 5.32 Å². The van der Waals surface area contributed by atoms with E-state index < -0.39 is 0 Å². The maximum absolute atomic E-state index is 12.2. The number of piperidine rings is 1. The van der Waals surface area contributed by atoms with Crippen LogP contribution in [0.15, 0.2) is 4.99 Å². The smallest absolute Gasteiger partial charge is 0.310 e. The predicted molar refractivity (Wildman–Crippen MR) is 130 cm³/mol. The number of carbonyl (C=O) groups excluding carboxylic acids is 1. The van der Waals surface area contributed by atoms with E-state index in [1.807, 2.05) is 14.0 Å². The van der Waals surface area contributed by atoms with Crippen molar-refractivity contribution in [2.24, 2.45) is 16.3 Å². The summed E-state index contributed by atoms with van der Waals surface area (Å²) in [5, 5.41) is 3.70. The van der Waals surface area contributed by atoms with Crippen LogP contribution in [0.3, 0.4) is 0 Å². The molecule has 174 valence electrons. The fraction of sp³-hybridized carbons (Fsp3) is 0.909.